The molecule has 1 aromatic heterocycles. The van der Waals surface area contributed by atoms with Crippen molar-refractivity contribution in [2.45, 2.75) is 0 Å². The van der Waals surface area contributed by atoms with Crippen molar-refractivity contribution in [3.8, 4) is 0 Å². The Morgan fingerprint density at radius 3 is 2.17 bits per heavy atom. The lowest BCUT2D eigenvalue weighted by atomic mass is 10.0. The van der Waals surface area contributed by atoms with Gasteiger partial charge in [-0.2, -0.15) is 0 Å². The number of fused-ring (bicyclic) bond motifs is 2. The van der Waals surface area contributed by atoms with Gasteiger partial charge in [0.25, 0.3) is 11.8 Å². The molecular weight excluding hydrogens is 444 g/mol. The molecule has 6 heteroatoms. The number of halogens is 1. The zero-order valence-corrected chi connectivity index (χ0v) is 17.8. The molecule has 4 aromatic rings. The fourth-order valence-electron chi connectivity index (χ4n) is 3.98. The Kier molecular flexibility index (Phi) is 4.79. The third kappa shape index (κ3) is 3.27. The molecule has 0 spiro atoms. The Balaban J connectivity index is 1.31. The topological polar surface area (TPSA) is 53.8 Å². The van der Waals surface area contributed by atoms with Gasteiger partial charge in [-0.05, 0) is 44.9 Å². The molecule has 1 saturated heterocycles. The molecule has 3 aromatic carbocycles. The molecule has 5 nitrogen and oxygen atoms in total. The third-order valence-corrected chi connectivity index (χ3v) is 6.21. The van der Waals surface area contributed by atoms with E-state index in [1.165, 1.54) is 0 Å². The normalized spacial score (nSPS) is 14.4. The van der Waals surface area contributed by atoms with Gasteiger partial charge in [0, 0.05) is 37.1 Å². The highest BCUT2D eigenvalue weighted by atomic mass is 79.9. The number of rotatable bonds is 2. The molecule has 0 unspecified atom stereocenters. The Labute approximate surface area is 182 Å². The molecule has 1 aliphatic rings. The average molecular weight is 463 g/mol. The van der Waals surface area contributed by atoms with Crippen LogP contribution in [0.1, 0.15) is 20.9 Å². The van der Waals surface area contributed by atoms with E-state index in [-0.39, 0.29) is 11.8 Å². The predicted molar refractivity (Wildman–Crippen MR) is 120 cm³/mol. The van der Waals surface area contributed by atoms with Gasteiger partial charge in [-0.15, -0.1) is 0 Å². The number of furan rings is 1. The lowest BCUT2D eigenvalue weighted by molar-refractivity contribution is 0.0520. The summed E-state index contributed by atoms with van der Waals surface area (Å²) in [4.78, 5) is 29.6. The summed E-state index contributed by atoms with van der Waals surface area (Å²) in [6.45, 7) is 1.95. The van der Waals surface area contributed by atoms with Crippen LogP contribution < -0.4 is 0 Å². The maximum Gasteiger partial charge on any atom is 0.289 e. The van der Waals surface area contributed by atoms with Crippen molar-refractivity contribution in [3.05, 3.63) is 82.5 Å². The zero-order chi connectivity index (χ0) is 20.7. The molecule has 0 radical (unpaired) electrons. The number of piperazine rings is 1. The molecule has 0 aliphatic carbocycles. The predicted octanol–water partition coefficient (Wildman–Crippen LogP) is 4.95. The van der Waals surface area contributed by atoms with E-state index >= 15 is 0 Å². The van der Waals surface area contributed by atoms with Crippen molar-refractivity contribution >= 4 is 49.5 Å². The molecule has 1 aliphatic heterocycles. The molecule has 2 heterocycles. The second kappa shape index (κ2) is 7.61. The summed E-state index contributed by atoms with van der Waals surface area (Å²) in [5.74, 6) is 0.188. The molecule has 150 valence electrons. The van der Waals surface area contributed by atoms with E-state index in [0.717, 1.165) is 20.6 Å². The van der Waals surface area contributed by atoms with Crippen molar-refractivity contribution in [3.63, 3.8) is 0 Å². The molecule has 0 atom stereocenters. The van der Waals surface area contributed by atoms with Gasteiger partial charge in [-0.25, -0.2) is 0 Å². The second-order valence-electron chi connectivity index (χ2n) is 7.38. The van der Waals surface area contributed by atoms with E-state index in [1.54, 1.807) is 11.0 Å². The number of hydrogen-bond acceptors (Lipinski definition) is 3. The molecule has 0 bridgehead atoms. The van der Waals surface area contributed by atoms with Crippen molar-refractivity contribution < 1.29 is 14.0 Å². The smallest absolute Gasteiger partial charge is 0.289 e. The number of hydrogen-bond donors (Lipinski definition) is 0. The number of carbonyl (C=O) groups is 2. The van der Waals surface area contributed by atoms with Crippen LogP contribution in [0.15, 0.2) is 75.6 Å². The van der Waals surface area contributed by atoms with Crippen molar-refractivity contribution in [1.82, 2.24) is 9.80 Å². The molecule has 5 rings (SSSR count). The summed E-state index contributed by atoms with van der Waals surface area (Å²) in [7, 11) is 0. The van der Waals surface area contributed by atoms with E-state index in [0.29, 0.717) is 43.1 Å². The highest BCUT2D eigenvalue weighted by molar-refractivity contribution is 9.10. The van der Waals surface area contributed by atoms with Gasteiger partial charge in [0.1, 0.15) is 5.58 Å². The monoisotopic (exact) mass is 462 g/mol. The Morgan fingerprint density at radius 1 is 0.767 bits per heavy atom. The van der Waals surface area contributed by atoms with E-state index in [4.69, 9.17) is 4.42 Å². The highest BCUT2D eigenvalue weighted by Crippen LogP contribution is 2.28. The van der Waals surface area contributed by atoms with Crippen LogP contribution >= 0.6 is 15.9 Å². The number of nitrogens with zero attached hydrogens (tertiary/aromatic N) is 2. The van der Waals surface area contributed by atoms with Crippen molar-refractivity contribution in [2.75, 3.05) is 26.2 Å². The van der Waals surface area contributed by atoms with Gasteiger partial charge in [-0.1, -0.05) is 48.5 Å². The van der Waals surface area contributed by atoms with Gasteiger partial charge in [0.05, 0.1) is 4.47 Å². The maximum atomic E-state index is 13.1. The Bertz CT molecular complexity index is 1270. The first-order valence-electron chi connectivity index (χ1n) is 9.86. The number of carbonyl (C=O) groups excluding carboxylic acids is 2. The van der Waals surface area contributed by atoms with Crippen LogP contribution in [-0.4, -0.2) is 47.8 Å². The molecule has 1 fully saturated rings. The van der Waals surface area contributed by atoms with Crippen LogP contribution in [0.2, 0.25) is 0 Å². The first-order valence-corrected chi connectivity index (χ1v) is 10.7. The van der Waals surface area contributed by atoms with Crippen LogP contribution in [0.4, 0.5) is 0 Å². The van der Waals surface area contributed by atoms with Crippen molar-refractivity contribution in [2.24, 2.45) is 0 Å². The van der Waals surface area contributed by atoms with Crippen LogP contribution in [0.25, 0.3) is 21.7 Å². The Morgan fingerprint density at radius 2 is 1.40 bits per heavy atom. The summed E-state index contributed by atoms with van der Waals surface area (Å²) < 4.78 is 6.61. The molecule has 0 N–H and O–H groups in total. The van der Waals surface area contributed by atoms with Gasteiger partial charge >= 0.3 is 0 Å². The third-order valence-electron chi connectivity index (χ3n) is 5.58. The quantitative estimate of drug-likeness (QED) is 0.423. The Hall–Kier alpha value is -3.12. The summed E-state index contributed by atoms with van der Waals surface area (Å²) in [5.41, 5.74) is 1.38. The molecular formula is C24H19BrN2O3. The molecule has 30 heavy (non-hydrogen) atoms. The minimum absolute atomic E-state index is 0.00608. The number of amides is 2. The van der Waals surface area contributed by atoms with Gasteiger partial charge in [0.15, 0.2) is 5.76 Å². The summed E-state index contributed by atoms with van der Waals surface area (Å²) in [5, 5.41) is 2.89. The summed E-state index contributed by atoms with van der Waals surface area (Å²) >= 11 is 3.46. The largest absolute Gasteiger partial charge is 0.450 e. The van der Waals surface area contributed by atoms with Crippen LogP contribution in [0.5, 0.6) is 0 Å². The molecule has 2 amide bonds. The van der Waals surface area contributed by atoms with E-state index in [1.807, 2.05) is 65.6 Å². The minimum Gasteiger partial charge on any atom is -0.450 e. The number of para-hydroxylation sites is 1. The minimum atomic E-state index is -0.143. The molecule has 0 saturated carbocycles. The van der Waals surface area contributed by atoms with Crippen LogP contribution in [0, 0.1) is 0 Å². The fourth-order valence-corrected chi connectivity index (χ4v) is 4.45. The number of benzene rings is 3. The van der Waals surface area contributed by atoms with Crippen LogP contribution in [-0.2, 0) is 0 Å². The second-order valence-corrected chi connectivity index (χ2v) is 8.23. The van der Waals surface area contributed by atoms with Crippen LogP contribution in [0.3, 0.4) is 0 Å². The highest BCUT2D eigenvalue weighted by Gasteiger charge is 2.28. The van der Waals surface area contributed by atoms with Gasteiger partial charge in [-0.3, -0.25) is 9.59 Å². The first kappa shape index (κ1) is 18.9. The van der Waals surface area contributed by atoms with Crippen molar-refractivity contribution in [1.29, 1.82) is 0 Å². The lowest BCUT2D eigenvalue weighted by Gasteiger charge is -2.34. The first-order chi connectivity index (χ1) is 14.6. The zero-order valence-electron chi connectivity index (χ0n) is 16.2. The maximum absolute atomic E-state index is 13.1. The lowest BCUT2D eigenvalue weighted by Crippen LogP contribution is -2.50. The van der Waals surface area contributed by atoms with Gasteiger partial charge < -0.3 is 14.2 Å². The SMILES string of the molecule is O=C(c1cc2cccc(Br)c2o1)N1CCN(C(=O)c2cccc3ccccc23)CC1. The average Bonchev–Trinajstić information content (AvgIpc) is 3.24. The fraction of sp³-hybridized carbons (Fsp3) is 0.167. The van der Waals surface area contributed by atoms with E-state index in [2.05, 4.69) is 15.9 Å². The van der Waals surface area contributed by atoms with Gasteiger partial charge in [0.2, 0.25) is 0 Å². The summed E-state index contributed by atoms with van der Waals surface area (Å²) in [6.07, 6.45) is 0. The summed E-state index contributed by atoms with van der Waals surface area (Å²) in [6, 6.07) is 21.2. The van der Waals surface area contributed by atoms with E-state index < -0.39 is 0 Å². The standard InChI is InChI=1S/C24H19BrN2O3/c25-20-10-4-7-17-15-21(30-22(17)20)24(29)27-13-11-26(12-14-27)23(28)19-9-3-6-16-5-1-2-8-18(16)19/h1-10,15H,11-14H2. The van der Waals surface area contributed by atoms with E-state index in [9.17, 15) is 9.59 Å².